The number of nitrogens with one attached hydrogen (secondary N) is 1. The second-order valence-electron chi connectivity index (χ2n) is 3.91. The summed E-state index contributed by atoms with van der Waals surface area (Å²) in [6.45, 7) is 1.78. The van der Waals surface area contributed by atoms with Gasteiger partial charge < -0.3 is 5.32 Å². The third-order valence-electron chi connectivity index (χ3n) is 2.45. The first-order valence-corrected chi connectivity index (χ1v) is 6.53. The molecule has 19 heavy (non-hydrogen) atoms. The Bertz CT molecular complexity index is 649. The SMILES string of the molecule is Cc1cc(NC(=O)c2cc(F)ccc2Br)cnc1Cl. The molecule has 0 unspecified atom stereocenters. The Kier molecular flexibility index (Phi) is 4.17. The molecular weight excluding hydrogens is 335 g/mol. The molecule has 1 N–H and O–H groups in total. The Labute approximate surface area is 122 Å². The summed E-state index contributed by atoms with van der Waals surface area (Å²) in [7, 11) is 0. The fraction of sp³-hybridized carbons (Fsp3) is 0.0769. The van der Waals surface area contributed by atoms with Crippen molar-refractivity contribution in [3.8, 4) is 0 Å². The van der Waals surface area contributed by atoms with Gasteiger partial charge in [0.25, 0.3) is 5.91 Å². The van der Waals surface area contributed by atoms with Crippen LogP contribution in [0.2, 0.25) is 5.15 Å². The lowest BCUT2D eigenvalue weighted by Crippen LogP contribution is -2.13. The molecule has 0 spiro atoms. The number of amides is 1. The fourth-order valence-corrected chi connectivity index (χ4v) is 2.03. The van der Waals surface area contributed by atoms with E-state index in [2.05, 4.69) is 26.2 Å². The van der Waals surface area contributed by atoms with Gasteiger partial charge in [0.2, 0.25) is 0 Å². The Morgan fingerprint density at radius 3 is 2.84 bits per heavy atom. The molecule has 1 aromatic heterocycles. The number of hydrogen-bond acceptors (Lipinski definition) is 2. The van der Waals surface area contributed by atoms with Crippen LogP contribution < -0.4 is 5.32 Å². The molecule has 0 bridgehead atoms. The van der Waals surface area contributed by atoms with Gasteiger partial charge in [0, 0.05) is 4.47 Å². The van der Waals surface area contributed by atoms with Crippen molar-refractivity contribution in [3.63, 3.8) is 0 Å². The van der Waals surface area contributed by atoms with Gasteiger partial charge in [-0.3, -0.25) is 4.79 Å². The van der Waals surface area contributed by atoms with Crippen LogP contribution in [0.5, 0.6) is 0 Å². The fourth-order valence-electron chi connectivity index (χ4n) is 1.50. The van der Waals surface area contributed by atoms with Gasteiger partial charge in [-0.2, -0.15) is 0 Å². The standard InChI is InChI=1S/C13H9BrClFN2O/c1-7-4-9(6-17-12(7)15)18-13(19)10-5-8(16)2-3-11(10)14/h2-6H,1H3,(H,18,19). The number of nitrogens with zero attached hydrogens (tertiary/aromatic N) is 1. The van der Waals surface area contributed by atoms with Crippen LogP contribution in [0, 0.1) is 12.7 Å². The normalized spacial score (nSPS) is 10.3. The molecule has 0 aliphatic heterocycles. The zero-order chi connectivity index (χ0) is 14.0. The first-order valence-electron chi connectivity index (χ1n) is 5.36. The summed E-state index contributed by atoms with van der Waals surface area (Å²) < 4.78 is 13.7. The van der Waals surface area contributed by atoms with Crippen LogP contribution in [0.4, 0.5) is 10.1 Å². The molecule has 2 aromatic rings. The Hall–Kier alpha value is -1.46. The van der Waals surface area contributed by atoms with Crippen molar-refractivity contribution in [1.29, 1.82) is 0 Å². The van der Waals surface area contributed by atoms with Crippen molar-refractivity contribution < 1.29 is 9.18 Å². The highest BCUT2D eigenvalue weighted by atomic mass is 79.9. The van der Waals surface area contributed by atoms with Gasteiger partial charge in [0.1, 0.15) is 11.0 Å². The third kappa shape index (κ3) is 3.30. The van der Waals surface area contributed by atoms with Gasteiger partial charge in [-0.05, 0) is 52.7 Å². The summed E-state index contributed by atoms with van der Waals surface area (Å²) in [5, 5.41) is 3.02. The minimum Gasteiger partial charge on any atom is -0.321 e. The molecule has 3 nitrogen and oxygen atoms in total. The van der Waals surface area contributed by atoms with E-state index in [1.165, 1.54) is 18.3 Å². The first-order chi connectivity index (χ1) is 8.97. The largest absolute Gasteiger partial charge is 0.321 e. The lowest BCUT2D eigenvalue weighted by Gasteiger charge is -2.08. The second kappa shape index (κ2) is 5.67. The van der Waals surface area contributed by atoms with Crippen LogP contribution in [-0.4, -0.2) is 10.9 Å². The molecule has 0 atom stereocenters. The van der Waals surface area contributed by atoms with Gasteiger partial charge in [-0.15, -0.1) is 0 Å². The molecule has 0 aliphatic carbocycles. The smallest absolute Gasteiger partial charge is 0.256 e. The second-order valence-corrected chi connectivity index (χ2v) is 5.12. The number of rotatable bonds is 2. The van der Waals surface area contributed by atoms with Crippen LogP contribution in [0.3, 0.4) is 0 Å². The maximum absolute atomic E-state index is 13.1. The molecular formula is C13H9BrClFN2O. The van der Waals surface area contributed by atoms with Gasteiger partial charge in [-0.1, -0.05) is 11.6 Å². The number of halogens is 3. The molecule has 1 heterocycles. The van der Waals surface area contributed by atoms with E-state index < -0.39 is 11.7 Å². The van der Waals surface area contributed by atoms with Crippen molar-refractivity contribution in [1.82, 2.24) is 4.98 Å². The Morgan fingerprint density at radius 2 is 2.16 bits per heavy atom. The lowest BCUT2D eigenvalue weighted by atomic mass is 10.2. The molecule has 2 rings (SSSR count). The topological polar surface area (TPSA) is 42.0 Å². The number of anilines is 1. The maximum Gasteiger partial charge on any atom is 0.256 e. The Balaban J connectivity index is 2.25. The molecule has 0 saturated heterocycles. The number of benzene rings is 1. The average Bonchev–Trinajstić information content (AvgIpc) is 2.36. The predicted octanol–water partition coefficient (Wildman–Crippen LogP) is 4.20. The summed E-state index contributed by atoms with van der Waals surface area (Å²) >= 11 is 9.01. The van der Waals surface area contributed by atoms with Crippen molar-refractivity contribution in [2.75, 3.05) is 5.32 Å². The van der Waals surface area contributed by atoms with E-state index in [4.69, 9.17) is 11.6 Å². The number of aromatic nitrogens is 1. The van der Waals surface area contributed by atoms with E-state index in [1.807, 2.05) is 0 Å². The highest BCUT2D eigenvalue weighted by Crippen LogP contribution is 2.21. The minimum atomic E-state index is -0.473. The molecule has 0 saturated carbocycles. The number of hydrogen-bond donors (Lipinski definition) is 1. The summed E-state index contributed by atoms with van der Waals surface area (Å²) in [5.41, 5.74) is 1.47. The summed E-state index contributed by atoms with van der Waals surface area (Å²) in [5.74, 6) is -0.895. The number of aryl methyl sites for hydroxylation is 1. The number of pyridine rings is 1. The molecule has 98 valence electrons. The Morgan fingerprint density at radius 1 is 1.42 bits per heavy atom. The maximum atomic E-state index is 13.1. The quantitative estimate of drug-likeness (QED) is 0.831. The summed E-state index contributed by atoms with van der Waals surface area (Å²) in [4.78, 5) is 15.9. The predicted molar refractivity (Wildman–Crippen MR) is 76.0 cm³/mol. The highest BCUT2D eigenvalue weighted by molar-refractivity contribution is 9.10. The van der Waals surface area contributed by atoms with Gasteiger partial charge in [-0.25, -0.2) is 9.37 Å². The van der Waals surface area contributed by atoms with Crippen molar-refractivity contribution >= 4 is 39.1 Å². The average molecular weight is 344 g/mol. The summed E-state index contributed by atoms with van der Waals surface area (Å²) in [6, 6.07) is 5.61. The van der Waals surface area contributed by atoms with Crippen LogP contribution in [0.25, 0.3) is 0 Å². The van der Waals surface area contributed by atoms with Gasteiger partial charge in [0.15, 0.2) is 0 Å². The van der Waals surface area contributed by atoms with Crippen LogP contribution in [-0.2, 0) is 0 Å². The monoisotopic (exact) mass is 342 g/mol. The van der Waals surface area contributed by atoms with E-state index in [1.54, 1.807) is 13.0 Å². The zero-order valence-corrected chi connectivity index (χ0v) is 12.2. The van der Waals surface area contributed by atoms with Crippen LogP contribution in [0.15, 0.2) is 34.9 Å². The molecule has 0 fully saturated rings. The zero-order valence-electron chi connectivity index (χ0n) is 9.88. The van der Waals surface area contributed by atoms with Crippen molar-refractivity contribution in [2.24, 2.45) is 0 Å². The van der Waals surface area contributed by atoms with Gasteiger partial charge >= 0.3 is 0 Å². The van der Waals surface area contributed by atoms with Gasteiger partial charge in [0.05, 0.1) is 17.4 Å². The molecule has 0 radical (unpaired) electrons. The lowest BCUT2D eigenvalue weighted by molar-refractivity contribution is 0.102. The van der Waals surface area contributed by atoms with E-state index >= 15 is 0 Å². The van der Waals surface area contributed by atoms with Crippen molar-refractivity contribution in [2.45, 2.75) is 6.92 Å². The van der Waals surface area contributed by atoms with Crippen molar-refractivity contribution in [3.05, 3.63) is 57.0 Å². The highest BCUT2D eigenvalue weighted by Gasteiger charge is 2.12. The minimum absolute atomic E-state index is 0.215. The molecule has 0 aliphatic rings. The molecule has 1 amide bonds. The van der Waals surface area contributed by atoms with E-state index in [9.17, 15) is 9.18 Å². The molecule has 6 heteroatoms. The van der Waals surface area contributed by atoms with Crippen LogP contribution in [0.1, 0.15) is 15.9 Å². The number of carbonyl (C=O) groups excluding carboxylic acids is 1. The van der Waals surface area contributed by atoms with E-state index in [0.29, 0.717) is 15.3 Å². The van der Waals surface area contributed by atoms with E-state index in [0.717, 1.165) is 11.6 Å². The van der Waals surface area contributed by atoms with E-state index in [-0.39, 0.29) is 5.56 Å². The third-order valence-corrected chi connectivity index (χ3v) is 3.53. The number of carbonyl (C=O) groups is 1. The summed E-state index contributed by atoms with van der Waals surface area (Å²) in [6.07, 6.45) is 1.44. The first kappa shape index (κ1) is 14.0. The van der Waals surface area contributed by atoms with Crippen LogP contribution >= 0.6 is 27.5 Å². The molecule has 1 aromatic carbocycles.